The van der Waals surface area contributed by atoms with Crippen molar-refractivity contribution in [1.29, 1.82) is 5.26 Å². The van der Waals surface area contributed by atoms with Gasteiger partial charge in [-0.15, -0.1) is 0 Å². The number of fused-ring (bicyclic) bond motifs is 1. The summed E-state index contributed by atoms with van der Waals surface area (Å²) in [5.74, 6) is 0.0857. The van der Waals surface area contributed by atoms with Crippen molar-refractivity contribution in [1.82, 2.24) is 9.97 Å². The first-order valence-electron chi connectivity index (χ1n) is 8.09. The maximum absolute atomic E-state index is 12.2. The number of aromatic amines is 1. The van der Waals surface area contributed by atoms with Crippen LogP contribution in [-0.4, -0.2) is 21.6 Å². The van der Waals surface area contributed by atoms with Crippen molar-refractivity contribution in [2.24, 2.45) is 0 Å². The topological polar surface area (TPSA) is 81.6 Å². The molecular weight excluding hydrogens is 332 g/mol. The van der Waals surface area contributed by atoms with E-state index in [4.69, 9.17) is 0 Å². The van der Waals surface area contributed by atoms with Crippen LogP contribution >= 0.6 is 11.8 Å². The van der Waals surface area contributed by atoms with Crippen molar-refractivity contribution >= 4 is 34.3 Å². The van der Waals surface area contributed by atoms with Gasteiger partial charge in [-0.1, -0.05) is 31.2 Å². The number of thioether (sulfide) groups is 1. The number of aromatic nitrogens is 2. The Balaban J connectivity index is 1.65. The molecule has 0 bridgehead atoms. The molecule has 1 amide bonds. The Hall–Kier alpha value is -2.78. The van der Waals surface area contributed by atoms with Gasteiger partial charge >= 0.3 is 0 Å². The zero-order valence-corrected chi connectivity index (χ0v) is 14.7. The summed E-state index contributed by atoms with van der Waals surface area (Å²) in [6, 6.07) is 13.5. The Bertz CT molecular complexity index is 942. The number of H-pyrrole nitrogens is 1. The van der Waals surface area contributed by atoms with Crippen LogP contribution in [0.25, 0.3) is 10.9 Å². The summed E-state index contributed by atoms with van der Waals surface area (Å²) in [5.41, 5.74) is 3.17. The third kappa shape index (κ3) is 4.20. The summed E-state index contributed by atoms with van der Waals surface area (Å²) in [6.45, 7) is 2.08. The average molecular weight is 350 g/mol. The Labute approximate surface area is 150 Å². The number of hydrogen-bond acceptors (Lipinski definition) is 4. The van der Waals surface area contributed by atoms with E-state index in [1.165, 1.54) is 11.8 Å². The molecule has 25 heavy (non-hydrogen) atoms. The summed E-state index contributed by atoms with van der Waals surface area (Å²) in [6.07, 6.45) is 3.72. The molecule has 2 N–H and O–H groups in total. The second-order valence-electron chi connectivity index (χ2n) is 5.63. The van der Waals surface area contributed by atoms with Crippen LogP contribution in [0.4, 0.5) is 5.69 Å². The molecule has 0 saturated carbocycles. The number of aryl methyl sites for hydroxylation is 1. The fourth-order valence-corrected chi connectivity index (χ4v) is 3.32. The molecule has 0 saturated heterocycles. The normalized spacial score (nSPS) is 10.6. The van der Waals surface area contributed by atoms with Crippen molar-refractivity contribution in [2.45, 2.75) is 24.8 Å². The molecule has 0 aliphatic carbocycles. The number of rotatable bonds is 6. The molecule has 2 heterocycles. The molecule has 0 fully saturated rings. The Morgan fingerprint density at radius 1 is 1.32 bits per heavy atom. The fourth-order valence-electron chi connectivity index (χ4n) is 2.53. The summed E-state index contributed by atoms with van der Waals surface area (Å²) >= 11 is 1.29. The van der Waals surface area contributed by atoms with E-state index in [2.05, 4.69) is 28.3 Å². The minimum Gasteiger partial charge on any atom is -0.361 e. The Morgan fingerprint density at radius 2 is 2.20 bits per heavy atom. The largest absolute Gasteiger partial charge is 0.361 e. The van der Waals surface area contributed by atoms with Gasteiger partial charge in [-0.2, -0.15) is 5.26 Å². The van der Waals surface area contributed by atoms with Crippen LogP contribution in [0.15, 0.2) is 47.6 Å². The molecule has 3 aromatic rings. The molecule has 126 valence electrons. The molecule has 2 aromatic heterocycles. The van der Waals surface area contributed by atoms with Gasteiger partial charge in [0.15, 0.2) is 0 Å². The summed E-state index contributed by atoms with van der Waals surface area (Å²) < 4.78 is 0. The van der Waals surface area contributed by atoms with Crippen molar-refractivity contribution in [3.8, 4) is 6.07 Å². The fraction of sp³-hybridized carbons (Fsp3) is 0.211. The average Bonchev–Trinajstić information content (AvgIpc) is 3.08. The summed E-state index contributed by atoms with van der Waals surface area (Å²) in [7, 11) is 0. The predicted octanol–water partition coefficient (Wildman–Crippen LogP) is 4.12. The van der Waals surface area contributed by atoms with E-state index >= 15 is 0 Å². The van der Waals surface area contributed by atoms with Crippen molar-refractivity contribution < 1.29 is 4.79 Å². The molecular formula is C19H18N4OS. The lowest BCUT2D eigenvalue weighted by molar-refractivity contribution is -0.113. The standard InChI is InChI=1S/C19H18N4OS/c1-2-3-15-6-5-14(11-20)19(23-15)25-12-18(24)22-16-7-4-13-8-9-21-17(13)10-16/h4-10,21H,2-3,12H2,1H3,(H,22,24). The highest BCUT2D eigenvalue weighted by atomic mass is 32.2. The van der Waals surface area contributed by atoms with Crippen molar-refractivity contribution in [3.05, 3.63) is 53.9 Å². The predicted molar refractivity (Wildman–Crippen MR) is 101 cm³/mol. The maximum Gasteiger partial charge on any atom is 0.234 e. The molecule has 0 radical (unpaired) electrons. The number of nitriles is 1. The lowest BCUT2D eigenvalue weighted by Gasteiger charge is -2.07. The quantitative estimate of drug-likeness (QED) is 0.655. The van der Waals surface area contributed by atoms with E-state index in [1.54, 1.807) is 6.07 Å². The lowest BCUT2D eigenvalue weighted by atomic mass is 10.2. The van der Waals surface area contributed by atoms with Crippen LogP contribution in [-0.2, 0) is 11.2 Å². The number of benzene rings is 1. The van der Waals surface area contributed by atoms with Crippen LogP contribution in [0.2, 0.25) is 0 Å². The van der Waals surface area contributed by atoms with Gasteiger partial charge < -0.3 is 10.3 Å². The number of nitrogens with zero attached hydrogens (tertiary/aromatic N) is 2. The second-order valence-corrected chi connectivity index (χ2v) is 6.60. The van der Waals surface area contributed by atoms with E-state index in [9.17, 15) is 10.1 Å². The van der Waals surface area contributed by atoms with Crippen LogP contribution in [0, 0.1) is 11.3 Å². The van der Waals surface area contributed by atoms with Crippen molar-refractivity contribution in [3.63, 3.8) is 0 Å². The highest BCUT2D eigenvalue weighted by molar-refractivity contribution is 8.00. The SMILES string of the molecule is CCCc1ccc(C#N)c(SCC(=O)Nc2ccc3cc[nH]c3c2)n1. The van der Waals surface area contributed by atoms with Crippen LogP contribution in [0.5, 0.6) is 0 Å². The summed E-state index contributed by atoms with van der Waals surface area (Å²) in [4.78, 5) is 19.8. The van der Waals surface area contributed by atoms with Gasteiger partial charge in [0.25, 0.3) is 0 Å². The number of carbonyl (C=O) groups is 1. The zero-order valence-electron chi connectivity index (χ0n) is 13.9. The second kappa shape index (κ2) is 7.86. The minimum atomic E-state index is -0.123. The minimum absolute atomic E-state index is 0.123. The molecule has 3 rings (SSSR count). The van der Waals surface area contributed by atoms with Gasteiger partial charge in [0.2, 0.25) is 5.91 Å². The molecule has 0 atom stereocenters. The number of pyridine rings is 1. The smallest absolute Gasteiger partial charge is 0.234 e. The summed E-state index contributed by atoms with van der Waals surface area (Å²) in [5, 5.41) is 13.8. The molecule has 0 unspecified atom stereocenters. The maximum atomic E-state index is 12.2. The molecule has 0 aliphatic heterocycles. The number of amides is 1. The Morgan fingerprint density at radius 3 is 3.00 bits per heavy atom. The van der Waals surface area contributed by atoms with Gasteiger partial charge in [0.1, 0.15) is 11.1 Å². The first kappa shape index (κ1) is 17.1. The lowest BCUT2D eigenvalue weighted by Crippen LogP contribution is -2.14. The molecule has 0 spiro atoms. The van der Waals surface area contributed by atoms with E-state index in [1.807, 2.05) is 36.5 Å². The van der Waals surface area contributed by atoms with Crippen LogP contribution in [0.3, 0.4) is 0 Å². The van der Waals surface area contributed by atoms with E-state index in [-0.39, 0.29) is 11.7 Å². The number of anilines is 1. The van der Waals surface area contributed by atoms with Crippen LogP contribution in [0.1, 0.15) is 24.6 Å². The third-order valence-corrected chi connectivity index (χ3v) is 4.71. The zero-order chi connectivity index (χ0) is 17.6. The first-order valence-corrected chi connectivity index (χ1v) is 9.08. The molecule has 1 aromatic carbocycles. The molecule has 0 aliphatic rings. The van der Waals surface area contributed by atoms with Crippen molar-refractivity contribution in [2.75, 3.05) is 11.1 Å². The molecule has 6 heteroatoms. The van der Waals surface area contributed by atoms with E-state index in [0.29, 0.717) is 10.6 Å². The van der Waals surface area contributed by atoms with Gasteiger partial charge in [-0.25, -0.2) is 4.98 Å². The highest BCUT2D eigenvalue weighted by Gasteiger charge is 2.10. The van der Waals surface area contributed by atoms with Gasteiger partial charge in [0, 0.05) is 23.1 Å². The van der Waals surface area contributed by atoms with Crippen LogP contribution < -0.4 is 5.32 Å². The Kier molecular flexibility index (Phi) is 5.36. The number of hydrogen-bond donors (Lipinski definition) is 2. The monoisotopic (exact) mass is 350 g/mol. The third-order valence-electron chi connectivity index (χ3n) is 3.72. The van der Waals surface area contributed by atoms with Gasteiger partial charge in [-0.3, -0.25) is 4.79 Å². The van der Waals surface area contributed by atoms with E-state index in [0.717, 1.165) is 35.1 Å². The highest BCUT2D eigenvalue weighted by Crippen LogP contribution is 2.22. The molecule has 5 nitrogen and oxygen atoms in total. The number of carbonyl (C=O) groups excluding carboxylic acids is 1. The van der Waals surface area contributed by atoms with E-state index < -0.39 is 0 Å². The van der Waals surface area contributed by atoms with Gasteiger partial charge in [0.05, 0.1) is 11.3 Å². The number of nitrogens with one attached hydrogen (secondary N) is 2. The first-order chi connectivity index (χ1) is 12.2. The van der Waals surface area contributed by atoms with Gasteiger partial charge in [-0.05, 0) is 42.1 Å².